The maximum atomic E-state index is 4.29. The highest BCUT2D eigenvalue weighted by atomic mass is 127. The molecule has 0 spiro atoms. The number of halogens is 2. The minimum atomic E-state index is 1.02. The smallest absolute Gasteiger partial charge is 0.150 e. The number of imidazole rings is 1. The molecule has 2 aromatic heterocycles. The van der Waals surface area contributed by atoms with Gasteiger partial charge in [0.2, 0.25) is 0 Å². The van der Waals surface area contributed by atoms with Crippen LogP contribution in [-0.4, -0.2) is 9.38 Å². The van der Waals surface area contributed by atoms with Crippen molar-refractivity contribution in [3.8, 4) is 0 Å². The lowest BCUT2D eigenvalue weighted by Crippen LogP contribution is -1.89. The summed E-state index contributed by atoms with van der Waals surface area (Å²) in [6.45, 7) is 2.04. The number of pyridine rings is 1. The lowest BCUT2D eigenvalue weighted by Gasteiger charge is -1.99. The van der Waals surface area contributed by atoms with Crippen LogP contribution in [0.5, 0.6) is 0 Å². The van der Waals surface area contributed by atoms with Crippen molar-refractivity contribution in [2.45, 2.75) is 6.92 Å². The highest BCUT2D eigenvalue weighted by molar-refractivity contribution is 14.1. The predicted octanol–water partition coefficient (Wildman–Crippen LogP) is 3.01. The molecule has 62 valence electrons. The molecule has 0 aromatic carbocycles. The normalized spacial score (nSPS) is 10.9. The van der Waals surface area contributed by atoms with Gasteiger partial charge in [0.15, 0.2) is 0 Å². The van der Waals surface area contributed by atoms with Crippen molar-refractivity contribution in [2.24, 2.45) is 0 Å². The summed E-state index contributed by atoms with van der Waals surface area (Å²) < 4.78 is 4.32. The number of aryl methyl sites for hydroxylation is 1. The lowest BCUT2D eigenvalue weighted by molar-refractivity contribution is 1.10. The standard InChI is InChI=1S/C8H6BrIN2/c1-5-3-11-8-7(10)2-6(9)4-12(5)8/h2-4H,1H3. The number of fused-ring (bicyclic) bond motifs is 1. The van der Waals surface area contributed by atoms with Gasteiger partial charge >= 0.3 is 0 Å². The zero-order chi connectivity index (χ0) is 8.72. The van der Waals surface area contributed by atoms with Crippen LogP contribution in [0.2, 0.25) is 0 Å². The molecular formula is C8H6BrIN2. The Morgan fingerprint density at radius 1 is 1.58 bits per heavy atom. The van der Waals surface area contributed by atoms with Crippen LogP contribution in [0, 0.1) is 10.5 Å². The first-order valence-corrected chi connectivity index (χ1v) is 5.34. The molecule has 0 saturated heterocycles. The molecule has 0 unspecified atom stereocenters. The Hall–Kier alpha value is -0.100. The summed E-state index contributed by atoms with van der Waals surface area (Å²) in [7, 11) is 0. The van der Waals surface area contributed by atoms with Crippen molar-refractivity contribution < 1.29 is 0 Å². The quantitative estimate of drug-likeness (QED) is 0.676. The molecule has 2 heterocycles. The Morgan fingerprint density at radius 2 is 2.33 bits per heavy atom. The van der Waals surface area contributed by atoms with Gasteiger partial charge in [0.05, 0.1) is 3.57 Å². The minimum Gasteiger partial charge on any atom is -0.302 e. The van der Waals surface area contributed by atoms with Crippen LogP contribution in [0.3, 0.4) is 0 Å². The molecule has 2 aromatic rings. The third kappa shape index (κ3) is 1.26. The zero-order valence-electron chi connectivity index (χ0n) is 6.38. The van der Waals surface area contributed by atoms with E-state index in [4.69, 9.17) is 0 Å². The average Bonchev–Trinajstić information content (AvgIpc) is 2.33. The van der Waals surface area contributed by atoms with Crippen LogP contribution in [0.15, 0.2) is 22.9 Å². The maximum Gasteiger partial charge on any atom is 0.150 e. The summed E-state index contributed by atoms with van der Waals surface area (Å²) in [5, 5.41) is 0. The summed E-state index contributed by atoms with van der Waals surface area (Å²) in [4.78, 5) is 4.29. The molecule has 0 N–H and O–H groups in total. The Bertz CT molecular complexity index is 436. The second-order valence-corrected chi connectivity index (χ2v) is 4.68. The molecule has 2 rings (SSSR count). The Morgan fingerprint density at radius 3 is 3.08 bits per heavy atom. The topological polar surface area (TPSA) is 17.3 Å². The zero-order valence-corrected chi connectivity index (χ0v) is 10.1. The largest absolute Gasteiger partial charge is 0.302 e. The van der Waals surface area contributed by atoms with Crippen LogP contribution >= 0.6 is 38.5 Å². The van der Waals surface area contributed by atoms with E-state index in [1.54, 1.807) is 0 Å². The third-order valence-electron chi connectivity index (χ3n) is 1.71. The van der Waals surface area contributed by atoms with Gasteiger partial charge < -0.3 is 4.40 Å². The van der Waals surface area contributed by atoms with Crippen LogP contribution < -0.4 is 0 Å². The molecule has 0 aliphatic heterocycles. The second kappa shape index (κ2) is 2.99. The number of rotatable bonds is 0. The van der Waals surface area contributed by atoms with Crippen LogP contribution in [0.4, 0.5) is 0 Å². The first kappa shape index (κ1) is 8.50. The highest BCUT2D eigenvalue weighted by Gasteiger charge is 2.03. The Labute approximate surface area is 92.3 Å². The van der Waals surface area contributed by atoms with Crippen LogP contribution in [0.25, 0.3) is 5.65 Å². The first-order valence-electron chi connectivity index (χ1n) is 3.47. The third-order valence-corrected chi connectivity index (χ3v) is 2.94. The lowest BCUT2D eigenvalue weighted by atomic mass is 10.4. The molecule has 0 saturated carbocycles. The fourth-order valence-corrected chi connectivity index (χ4v) is 2.73. The van der Waals surface area contributed by atoms with E-state index in [0.717, 1.165) is 19.4 Å². The number of nitrogens with zero attached hydrogens (tertiary/aromatic N) is 2. The van der Waals surface area contributed by atoms with Crippen LogP contribution in [-0.2, 0) is 0 Å². The predicted molar refractivity (Wildman–Crippen MR) is 60.3 cm³/mol. The summed E-state index contributed by atoms with van der Waals surface area (Å²) >= 11 is 5.73. The fraction of sp³-hybridized carbons (Fsp3) is 0.125. The molecule has 0 amide bonds. The monoisotopic (exact) mass is 336 g/mol. The van der Waals surface area contributed by atoms with Crippen molar-refractivity contribution >= 4 is 44.2 Å². The van der Waals surface area contributed by atoms with Gasteiger partial charge in [-0.05, 0) is 51.5 Å². The summed E-state index contributed by atoms with van der Waals surface area (Å²) in [5.41, 5.74) is 2.18. The maximum absolute atomic E-state index is 4.29. The van der Waals surface area contributed by atoms with E-state index in [2.05, 4.69) is 54.0 Å². The molecule has 0 aliphatic rings. The van der Waals surface area contributed by atoms with Crippen LogP contribution in [0.1, 0.15) is 5.69 Å². The number of hydrogen-bond acceptors (Lipinski definition) is 1. The van der Waals surface area contributed by atoms with Gasteiger partial charge in [0.1, 0.15) is 5.65 Å². The molecular weight excluding hydrogens is 331 g/mol. The Balaban J connectivity index is 2.92. The van der Waals surface area contributed by atoms with Crippen molar-refractivity contribution in [1.29, 1.82) is 0 Å². The van der Waals surface area contributed by atoms with Gasteiger partial charge in [-0.2, -0.15) is 0 Å². The van der Waals surface area contributed by atoms with Gasteiger partial charge in [-0.3, -0.25) is 0 Å². The minimum absolute atomic E-state index is 1.02. The van der Waals surface area contributed by atoms with Crippen molar-refractivity contribution in [3.63, 3.8) is 0 Å². The van der Waals surface area contributed by atoms with Crippen molar-refractivity contribution in [2.75, 3.05) is 0 Å². The fourth-order valence-electron chi connectivity index (χ4n) is 1.13. The molecule has 4 heteroatoms. The molecule has 0 aliphatic carbocycles. The number of hydrogen-bond donors (Lipinski definition) is 0. The van der Waals surface area contributed by atoms with Gasteiger partial charge in [0, 0.05) is 22.6 Å². The highest BCUT2D eigenvalue weighted by Crippen LogP contribution is 2.19. The van der Waals surface area contributed by atoms with E-state index in [0.29, 0.717) is 0 Å². The molecule has 0 fully saturated rings. The van der Waals surface area contributed by atoms with E-state index >= 15 is 0 Å². The van der Waals surface area contributed by atoms with Gasteiger partial charge in [-0.25, -0.2) is 4.98 Å². The van der Waals surface area contributed by atoms with E-state index in [1.807, 2.05) is 19.3 Å². The average molecular weight is 337 g/mol. The first-order chi connectivity index (χ1) is 5.68. The van der Waals surface area contributed by atoms with E-state index in [-0.39, 0.29) is 0 Å². The van der Waals surface area contributed by atoms with E-state index in [9.17, 15) is 0 Å². The summed E-state index contributed by atoms with van der Waals surface area (Å²) in [5.74, 6) is 0. The molecule has 0 bridgehead atoms. The van der Waals surface area contributed by atoms with Crippen molar-refractivity contribution in [1.82, 2.24) is 9.38 Å². The van der Waals surface area contributed by atoms with E-state index < -0.39 is 0 Å². The number of aromatic nitrogens is 2. The second-order valence-electron chi connectivity index (χ2n) is 2.60. The summed E-state index contributed by atoms with van der Waals surface area (Å²) in [6, 6.07) is 2.06. The molecule has 0 atom stereocenters. The van der Waals surface area contributed by atoms with Gasteiger partial charge in [-0.15, -0.1) is 0 Å². The molecule has 12 heavy (non-hydrogen) atoms. The Kier molecular flexibility index (Phi) is 2.12. The molecule has 0 radical (unpaired) electrons. The SMILES string of the molecule is Cc1cnc2c(I)cc(Br)cn12. The molecule has 2 nitrogen and oxygen atoms in total. The van der Waals surface area contributed by atoms with Gasteiger partial charge in [-0.1, -0.05) is 0 Å². The summed E-state index contributed by atoms with van der Waals surface area (Å²) in [6.07, 6.45) is 3.91. The van der Waals surface area contributed by atoms with Gasteiger partial charge in [0.25, 0.3) is 0 Å². The van der Waals surface area contributed by atoms with E-state index in [1.165, 1.54) is 0 Å². The van der Waals surface area contributed by atoms with Crippen molar-refractivity contribution in [3.05, 3.63) is 32.2 Å².